The van der Waals surface area contributed by atoms with Crippen LogP contribution in [0.1, 0.15) is 31.7 Å². The molecule has 0 atom stereocenters. The van der Waals surface area contributed by atoms with Crippen LogP contribution >= 0.6 is 0 Å². The Morgan fingerprint density at radius 2 is 1.83 bits per heavy atom. The fourth-order valence-electron chi connectivity index (χ4n) is 2.81. The van der Waals surface area contributed by atoms with Gasteiger partial charge < -0.3 is 10.1 Å². The fourth-order valence-corrected chi connectivity index (χ4v) is 2.81. The number of unbranched alkanes of at least 4 members (excludes halogenated alkanes) is 2. The standard InChI is InChI=1S/C21H24N2O/c1-2-3-8-15-24-20-13-12-17-9-4-5-10-18(17)19(20)16-23-21-11-6-7-14-22-21/h4-7,9-14H,2-3,8,15-16H2,1H3,(H,22,23). The number of nitrogens with zero attached hydrogens (tertiary/aromatic N) is 1. The Morgan fingerprint density at radius 1 is 0.958 bits per heavy atom. The summed E-state index contributed by atoms with van der Waals surface area (Å²) in [6.07, 6.45) is 5.30. The van der Waals surface area contributed by atoms with Gasteiger partial charge in [0.25, 0.3) is 0 Å². The summed E-state index contributed by atoms with van der Waals surface area (Å²) in [4.78, 5) is 4.34. The summed E-state index contributed by atoms with van der Waals surface area (Å²) < 4.78 is 6.08. The summed E-state index contributed by atoms with van der Waals surface area (Å²) >= 11 is 0. The second-order valence-electron chi connectivity index (χ2n) is 5.89. The lowest BCUT2D eigenvalue weighted by molar-refractivity contribution is 0.304. The third-order valence-electron chi connectivity index (χ3n) is 4.11. The van der Waals surface area contributed by atoms with Crippen molar-refractivity contribution in [1.29, 1.82) is 0 Å². The number of rotatable bonds is 8. The maximum atomic E-state index is 6.08. The molecule has 2 aromatic carbocycles. The summed E-state index contributed by atoms with van der Waals surface area (Å²) in [5.41, 5.74) is 1.19. The average molecular weight is 320 g/mol. The van der Waals surface area contributed by atoms with Crippen LogP contribution in [0.3, 0.4) is 0 Å². The largest absolute Gasteiger partial charge is 0.493 e. The Morgan fingerprint density at radius 3 is 2.67 bits per heavy atom. The number of pyridine rings is 1. The van der Waals surface area contributed by atoms with Gasteiger partial charge in [-0.3, -0.25) is 0 Å². The lowest BCUT2D eigenvalue weighted by atomic mass is 10.0. The van der Waals surface area contributed by atoms with E-state index in [2.05, 4.69) is 53.6 Å². The van der Waals surface area contributed by atoms with Gasteiger partial charge in [-0.05, 0) is 35.4 Å². The van der Waals surface area contributed by atoms with Crippen LogP contribution in [0.5, 0.6) is 5.75 Å². The number of aromatic nitrogens is 1. The van der Waals surface area contributed by atoms with E-state index in [1.165, 1.54) is 29.2 Å². The number of benzene rings is 2. The Labute approximate surface area is 143 Å². The van der Waals surface area contributed by atoms with Crippen LogP contribution in [-0.2, 0) is 6.54 Å². The molecule has 3 heteroatoms. The number of nitrogens with one attached hydrogen (secondary N) is 1. The van der Waals surface area contributed by atoms with Gasteiger partial charge in [0, 0.05) is 18.3 Å². The van der Waals surface area contributed by atoms with E-state index in [-0.39, 0.29) is 0 Å². The molecule has 0 aliphatic heterocycles. The Kier molecular flexibility index (Phi) is 5.67. The minimum Gasteiger partial charge on any atom is -0.493 e. The molecule has 0 aliphatic rings. The van der Waals surface area contributed by atoms with Gasteiger partial charge in [0.05, 0.1) is 6.61 Å². The van der Waals surface area contributed by atoms with E-state index in [1.54, 1.807) is 6.20 Å². The smallest absolute Gasteiger partial charge is 0.126 e. The molecule has 3 nitrogen and oxygen atoms in total. The summed E-state index contributed by atoms with van der Waals surface area (Å²) in [7, 11) is 0. The fraction of sp³-hybridized carbons (Fsp3) is 0.286. The van der Waals surface area contributed by atoms with E-state index >= 15 is 0 Å². The average Bonchev–Trinajstić information content (AvgIpc) is 2.64. The summed E-state index contributed by atoms with van der Waals surface area (Å²) in [5.74, 6) is 1.84. The molecule has 0 saturated heterocycles. The van der Waals surface area contributed by atoms with Crippen molar-refractivity contribution in [2.75, 3.05) is 11.9 Å². The monoisotopic (exact) mass is 320 g/mol. The normalized spacial score (nSPS) is 10.7. The lowest BCUT2D eigenvalue weighted by Crippen LogP contribution is -2.06. The van der Waals surface area contributed by atoms with Crippen LogP contribution in [0.2, 0.25) is 0 Å². The van der Waals surface area contributed by atoms with Crippen LogP contribution in [0.15, 0.2) is 60.8 Å². The van der Waals surface area contributed by atoms with Crippen molar-refractivity contribution in [3.05, 3.63) is 66.4 Å². The second kappa shape index (κ2) is 8.34. The minimum absolute atomic E-state index is 0.696. The summed E-state index contributed by atoms with van der Waals surface area (Å²) in [6.45, 7) is 3.67. The molecule has 0 aliphatic carbocycles. The molecule has 0 spiro atoms. The number of ether oxygens (including phenoxy) is 1. The summed E-state index contributed by atoms with van der Waals surface area (Å²) in [6, 6.07) is 18.6. The van der Waals surface area contributed by atoms with Crippen molar-refractivity contribution < 1.29 is 4.74 Å². The molecule has 1 aromatic heterocycles. The van der Waals surface area contributed by atoms with E-state index in [4.69, 9.17) is 4.74 Å². The molecule has 0 radical (unpaired) electrons. The molecule has 3 aromatic rings. The first-order chi connectivity index (χ1) is 11.9. The highest BCUT2D eigenvalue weighted by Crippen LogP contribution is 2.29. The number of hydrogen-bond acceptors (Lipinski definition) is 3. The Balaban J connectivity index is 1.83. The van der Waals surface area contributed by atoms with E-state index in [0.717, 1.165) is 24.6 Å². The molecule has 0 bridgehead atoms. The Hall–Kier alpha value is -2.55. The van der Waals surface area contributed by atoms with Crippen LogP contribution in [-0.4, -0.2) is 11.6 Å². The first kappa shape index (κ1) is 16.3. The molecular weight excluding hydrogens is 296 g/mol. The molecular formula is C21H24N2O. The van der Waals surface area contributed by atoms with E-state index in [1.807, 2.05) is 18.2 Å². The van der Waals surface area contributed by atoms with Gasteiger partial charge in [0.2, 0.25) is 0 Å². The molecule has 124 valence electrons. The van der Waals surface area contributed by atoms with Gasteiger partial charge in [-0.1, -0.05) is 56.2 Å². The molecule has 1 heterocycles. The Bertz CT molecular complexity index is 771. The van der Waals surface area contributed by atoms with Crippen molar-refractivity contribution in [2.24, 2.45) is 0 Å². The van der Waals surface area contributed by atoms with Gasteiger partial charge in [0.15, 0.2) is 0 Å². The van der Waals surface area contributed by atoms with Crippen LogP contribution in [0.4, 0.5) is 5.82 Å². The topological polar surface area (TPSA) is 34.1 Å². The molecule has 1 N–H and O–H groups in total. The molecule has 0 saturated carbocycles. The number of fused-ring (bicyclic) bond motifs is 1. The van der Waals surface area contributed by atoms with Gasteiger partial charge in [-0.25, -0.2) is 4.98 Å². The van der Waals surface area contributed by atoms with Crippen LogP contribution in [0.25, 0.3) is 10.8 Å². The van der Waals surface area contributed by atoms with E-state index in [9.17, 15) is 0 Å². The zero-order chi connectivity index (χ0) is 16.6. The maximum absolute atomic E-state index is 6.08. The zero-order valence-corrected chi connectivity index (χ0v) is 14.2. The molecule has 0 fully saturated rings. The minimum atomic E-state index is 0.696. The highest BCUT2D eigenvalue weighted by atomic mass is 16.5. The highest BCUT2D eigenvalue weighted by Gasteiger charge is 2.09. The van der Waals surface area contributed by atoms with Crippen LogP contribution in [0, 0.1) is 0 Å². The van der Waals surface area contributed by atoms with Crippen molar-refractivity contribution in [3.8, 4) is 5.75 Å². The van der Waals surface area contributed by atoms with Crippen LogP contribution < -0.4 is 10.1 Å². The van der Waals surface area contributed by atoms with Crippen molar-refractivity contribution in [1.82, 2.24) is 4.98 Å². The van der Waals surface area contributed by atoms with Crippen molar-refractivity contribution >= 4 is 16.6 Å². The highest BCUT2D eigenvalue weighted by molar-refractivity contribution is 5.88. The van der Waals surface area contributed by atoms with E-state index < -0.39 is 0 Å². The predicted octanol–water partition coefficient (Wildman–Crippen LogP) is 5.42. The van der Waals surface area contributed by atoms with Gasteiger partial charge in [-0.2, -0.15) is 0 Å². The number of anilines is 1. The van der Waals surface area contributed by atoms with Gasteiger partial charge in [0.1, 0.15) is 11.6 Å². The lowest BCUT2D eigenvalue weighted by Gasteiger charge is -2.15. The van der Waals surface area contributed by atoms with Crippen molar-refractivity contribution in [3.63, 3.8) is 0 Å². The maximum Gasteiger partial charge on any atom is 0.126 e. The quantitative estimate of drug-likeness (QED) is 0.563. The third kappa shape index (κ3) is 4.05. The first-order valence-corrected chi connectivity index (χ1v) is 8.67. The van der Waals surface area contributed by atoms with E-state index in [0.29, 0.717) is 6.54 Å². The molecule has 3 rings (SSSR count). The number of hydrogen-bond donors (Lipinski definition) is 1. The molecule has 0 amide bonds. The summed E-state index contributed by atoms with van der Waals surface area (Å²) in [5, 5.41) is 5.87. The molecule has 0 unspecified atom stereocenters. The molecule has 24 heavy (non-hydrogen) atoms. The zero-order valence-electron chi connectivity index (χ0n) is 14.2. The van der Waals surface area contributed by atoms with Gasteiger partial charge >= 0.3 is 0 Å². The van der Waals surface area contributed by atoms with Crippen molar-refractivity contribution in [2.45, 2.75) is 32.7 Å². The van der Waals surface area contributed by atoms with Gasteiger partial charge in [-0.15, -0.1) is 0 Å². The predicted molar refractivity (Wildman–Crippen MR) is 101 cm³/mol. The third-order valence-corrected chi connectivity index (χ3v) is 4.11. The SMILES string of the molecule is CCCCCOc1ccc2ccccc2c1CNc1ccccn1. The first-order valence-electron chi connectivity index (χ1n) is 8.67. The second-order valence-corrected chi connectivity index (χ2v) is 5.89.